The van der Waals surface area contributed by atoms with Crippen LogP contribution < -0.4 is 0 Å². The van der Waals surface area contributed by atoms with Gasteiger partial charge in [0.15, 0.2) is 0 Å². The van der Waals surface area contributed by atoms with Crippen molar-refractivity contribution in [2.24, 2.45) is 0 Å². The molecule has 1 heterocycles. The third-order valence-corrected chi connectivity index (χ3v) is 5.41. The van der Waals surface area contributed by atoms with Gasteiger partial charge in [-0.15, -0.1) is 0 Å². The molecular formula is C25H16ClN3. The molecule has 1 aromatic heterocycles. The van der Waals surface area contributed by atoms with Crippen molar-refractivity contribution in [3.8, 4) is 11.3 Å². The van der Waals surface area contributed by atoms with Crippen LogP contribution in [0.1, 0.15) is 16.7 Å². The van der Waals surface area contributed by atoms with Crippen molar-refractivity contribution in [1.29, 1.82) is 10.8 Å². The van der Waals surface area contributed by atoms with Gasteiger partial charge in [-0.2, -0.15) is 0 Å². The van der Waals surface area contributed by atoms with Crippen molar-refractivity contribution in [3.63, 3.8) is 0 Å². The van der Waals surface area contributed by atoms with Crippen LogP contribution in [0.2, 0.25) is 5.02 Å². The highest BCUT2D eigenvalue weighted by atomic mass is 35.5. The Morgan fingerprint density at radius 2 is 1.38 bits per heavy atom. The van der Waals surface area contributed by atoms with Gasteiger partial charge in [-0.05, 0) is 29.8 Å². The lowest BCUT2D eigenvalue weighted by atomic mass is 9.82. The van der Waals surface area contributed by atoms with Crippen LogP contribution in [-0.4, -0.2) is 16.4 Å². The summed E-state index contributed by atoms with van der Waals surface area (Å²) in [5.74, 6) is 0. The van der Waals surface area contributed by atoms with Crippen molar-refractivity contribution in [2.45, 2.75) is 0 Å². The predicted octanol–water partition coefficient (Wildman–Crippen LogP) is 6.50. The van der Waals surface area contributed by atoms with Crippen molar-refractivity contribution in [2.75, 3.05) is 0 Å². The Morgan fingerprint density at radius 3 is 2.07 bits per heavy atom. The molecule has 138 valence electrons. The minimum absolute atomic E-state index is 0.188. The van der Waals surface area contributed by atoms with E-state index in [0.29, 0.717) is 10.6 Å². The fourth-order valence-electron chi connectivity index (χ4n) is 3.80. The maximum absolute atomic E-state index is 8.83. The van der Waals surface area contributed by atoms with E-state index in [-0.39, 0.29) is 11.4 Å². The molecule has 4 heteroatoms. The average molecular weight is 394 g/mol. The fourth-order valence-corrected chi connectivity index (χ4v) is 3.97. The van der Waals surface area contributed by atoms with Crippen LogP contribution in [0.5, 0.6) is 0 Å². The molecule has 1 aliphatic carbocycles. The second-order valence-corrected chi connectivity index (χ2v) is 7.39. The summed E-state index contributed by atoms with van der Waals surface area (Å²) in [5.41, 5.74) is 6.14. The zero-order valence-electron chi connectivity index (χ0n) is 15.4. The maximum Gasteiger partial charge on any atom is 0.0881 e. The van der Waals surface area contributed by atoms with E-state index in [4.69, 9.17) is 27.4 Å². The molecule has 3 nitrogen and oxygen atoms in total. The lowest BCUT2D eigenvalue weighted by Crippen LogP contribution is -2.21. The topological polar surface area (TPSA) is 60.6 Å². The lowest BCUT2D eigenvalue weighted by molar-refractivity contribution is 1.36. The van der Waals surface area contributed by atoms with E-state index in [2.05, 4.69) is 0 Å². The molecule has 4 aromatic rings. The van der Waals surface area contributed by atoms with Gasteiger partial charge in [-0.25, -0.2) is 4.98 Å². The summed E-state index contributed by atoms with van der Waals surface area (Å²) < 4.78 is 0. The van der Waals surface area contributed by atoms with Crippen molar-refractivity contribution >= 4 is 45.6 Å². The number of fused-ring (bicyclic) bond motifs is 3. The molecular weight excluding hydrogens is 378 g/mol. The number of nitrogens with one attached hydrogen (secondary N) is 2. The minimum Gasteiger partial charge on any atom is -0.298 e. The number of hydrogen-bond acceptors (Lipinski definition) is 3. The Hall–Kier alpha value is -3.56. The van der Waals surface area contributed by atoms with E-state index in [9.17, 15) is 0 Å². The van der Waals surface area contributed by atoms with Gasteiger partial charge in [0.05, 0.1) is 22.6 Å². The molecule has 0 radical (unpaired) electrons. The largest absolute Gasteiger partial charge is 0.298 e. The molecule has 5 rings (SSSR count). The van der Waals surface area contributed by atoms with E-state index in [1.165, 1.54) is 0 Å². The number of nitrogens with zero attached hydrogens (tertiary/aromatic N) is 1. The molecule has 1 aliphatic rings. The molecule has 0 aliphatic heterocycles. The molecule has 3 aromatic carbocycles. The van der Waals surface area contributed by atoms with Gasteiger partial charge >= 0.3 is 0 Å². The van der Waals surface area contributed by atoms with Crippen LogP contribution in [0.25, 0.3) is 33.8 Å². The number of halogens is 1. The summed E-state index contributed by atoms with van der Waals surface area (Å²) in [4.78, 5) is 4.92. The SMILES string of the molecule is N=C1C(=N)c2c(c(-c3ccccc3)nc3ccc(Cl)cc23)C=C1c1ccccc1. The van der Waals surface area contributed by atoms with E-state index >= 15 is 0 Å². The maximum atomic E-state index is 8.83. The van der Waals surface area contributed by atoms with Crippen LogP contribution >= 0.6 is 11.6 Å². The standard InChI is InChI=1S/C25H16ClN3/c26-17-11-12-21-19(13-17)22-20(25(29-21)16-9-5-2-6-10-16)14-18(23(27)24(22)28)15-7-3-1-4-8-15/h1-14,27-28H. The summed E-state index contributed by atoms with van der Waals surface area (Å²) in [5, 5.41) is 18.9. The molecule has 0 atom stereocenters. The molecule has 0 spiro atoms. The molecule has 0 unspecified atom stereocenters. The molecule has 0 fully saturated rings. The minimum atomic E-state index is 0.188. The predicted molar refractivity (Wildman–Crippen MR) is 121 cm³/mol. The number of pyridine rings is 1. The van der Waals surface area contributed by atoms with Gasteiger partial charge in [0.2, 0.25) is 0 Å². The Kier molecular flexibility index (Phi) is 4.11. The number of hydrogen-bond donors (Lipinski definition) is 2. The van der Waals surface area contributed by atoms with E-state index in [1.807, 2.05) is 78.9 Å². The van der Waals surface area contributed by atoms with Crippen molar-refractivity contribution in [1.82, 2.24) is 4.98 Å². The highest BCUT2D eigenvalue weighted by Crippen LogP contribution is 2.38. The Bertz CT molecular complexity index is 1320. The van der Waals surface area contributed by atoms with Crippen LogP contribution in [0.15, 0.2) is 78.9 Å². The first-order valence-corrected chi connectivity index (χ1v) is 9.65. The molecule has 2 N–H and O–H groups in total. The number of benzene rings is 3. The molecule has 0 bridgehead atoms. The van der Waals surface area contributed by atoms with Crippen LogP contribution in [-0.2, 0) is 0 Å². The fraction of sp³-hybridized carbons (Fsp3) is 0. The number of allylic oxidation sites excluding steroid dienone is 1. The smallest absolute Gasteiger partial charge is 0.0881 e. The van der Waals surface area contributed by atoms with Crippen molar-refractivity contribution < 1.29 is 0 Å². The monoisotopic (exact) mass is 393 g/mol. The van der Waals surface area contributed by atoms with Gasteiger partial charge in [0.1, 0.15) is 0 Å². The Balaban J connectivity index is 1.90. The first kappa shape index (κ1) is 17.5. The summed E-state index contributed by atoms with van der Waals surface area (Å²) in [6.45, 7) is 0. The quantitative estimate of drug-likeness (QED) is 0.401. The Morgan fingerprint density at radius 1 is 0.724 bits per heavy atom. The highest BCUT2D eigenvalue weighted by molar-refractivity contribution is 6.64. The highest BCUT2D eigenvalue weighted by Gasteiger charge is 2.27. The summed E-state index contributed by atoms with van der Waals surface area (Å²) >= 11 is 6.26. The second kappa shape index (κ2) is 6.80. The van der Waals surface area contributed by atoms with Gasteiger partial charge in [-0.3, -0.25) is 10.8 Å². The van der Waals surface area contributed by atoms with E-state index in [0.717, 1.165) is 38.9 Å². The molecule has 0 saturated carbocycles. The first-order valence-electron chi connectivity index (χ1n) is 9.27. The summed E-state index contributed by atoms with van der Waals surface area (Å²) in [6.07, 6.45) is 1.99. The van der Waals surface area contributed by atoms with Gasteiger partial charge in [-0.1, -0.05) is 72.3 Å². The van der Waals surface area contributed by atoms with Crippen LogP contribution in [0, 0.1) is 10.8 Å². The van der Waals surface area contributed by atoms with Crippen LogP contribution in [0.3, 0.4) is 0 Å². The van der Waals surface area contributed by atoms with E-state index < -0.39 is 0 Å². The lowest BCUT2D eigenvalue weighted by Gasteiger charge is -2.23. The zero-order chi connectivity index (χ0) is 20.0. The summed E-state index contributed by atoms with van der Waals surface area (Å²) in [7, 11) is 0. The van der Waals surface area contributed by atoms with Gasteiger partial charge < -0.3 is 0 Å². The van der Waals surface area contributed by atoms with Crippen molar-refractivity contribution in [3.05, 3.63) is 101 Å². The normalized spacial score (nSPS) is 13.3. The van der Waals surface area contributed by atoms with Crippen LogP contribution in [0.4, 0.5) is 0 Å². The molecule has 29 heavy (non-hydrogen) atoms. The van der Waals surface area contributed by atoms with Gasteiger partial charge in [0.25, 0.3) is 0 Å². The summed E-state index contributed by atoms with van der Waals surface area (Å²) in [6, 6.07) is 25.2. The zero-order valence-corrected chi connectivity index (χ0v) is 16.2. The van der Waals surface area contributed by atoms with Gasteiger partial charge in [0, 0.05) is 32.7 Å². The Labute approximate surface area is 173 Å². The molecule has 0 saturated heterocycles. The average Bonchev–Trinajstić information content (AvgIpc) is 2.76. The molecule has 0 amide bonds. The number of aromatic nitrogens is 1. The second-order valence-electron chi connectivity index (χ2n) is 6.95. The van der Waals surface area contributed by atoms with E-state index in [1.54, 1.807) is 6.07 Å². The first-order chi connectivity index (χ1) is 14.1. The third kappa shape index (κ3) is 2.87. The number of rotatable bonds is 2. The third-order valence-electron chi connectivity index (χ3n) is 5.17.